The molecule has 1 saturated heterocycles. The molecule has 0 amide bonds. The monoisotopic (exact) mass is 262 g/mol. The third-order valence-corrected chi connectivity index (χ3v) is 3.34. The second kappa shape index (κ2) is 5.10. The van der Waals surface area contributed by atoms with Crippen molar-refractivity contribution in [1.29, 1.82) is 0 Å². The van der Waals surface area contributed by atoms with E-state index < -0.39 is 0 Å². The predicted molar refractivity (Wildman–Crippen MR) is 68.3 cm³/mol. The van der Waals surface area contributed by atoms with Crippen molar-refractivity contribution >= 4 is 0 Å². The Morgan fingerprint density at radius 1 is 1.53 bits per heavy atom. The van der Waals surface area contributed by atoms with Gasteiger partial charge in [0.15, 0.2) is 5.82 Å². The summed E-state index contributed by atoms with van der Waals surface area (Å²) in [6.07, 6.45) is 3.73. The van der Waals surface area contributed by atoms with Gasteiger partial charge in [0.2, 0.25) is 0 Å². The Hall–Kier alpha value is -1.73. The zero-order chi connectivity index (χ0) is 13.2. The van der Waals surface area contributed by atoms with Crippen LogP contribution in [0.4, 0.5) is 0 Å². The lowest BCUT2D eigenvalue weighted by Gasteiger charge is -2.31. The van der Waals surface area contributed by atoms with Crippen molar-refractivity contribution in [3.63, 3.8) is 0 Å². The second-order valence-corrected chi connectivity index (χ2v) is 4.83. The third kappa shape index (κ3) is 2.66. The van der Waals surface area contributed by atoms with Crippen molar-refractivity contribution < 1.29 is 4.74 Å². The van der Waals surface area contributed by atoms with Gasteiger partial charge in [0.1, 0.15) is 17.8 Å². The zero-order valence-corrected chi connectivity index (χ0v) is 11.2. The Balaban J connectivity index is 1.66. The maximum absolute atomic E-state index is 5.74. The van der Waals surface area contributed by atoms with E-state index in [-0.39, 0.29) is 6.10 Å². The van der Waals surface area contributed by atoms with Crippen molar-refractivity contribution in [2.45, 2.75) is 19.6 Å². The van der Waals surface area contributed by atoms with Crippen molar-refractivity contribution in [3.05, 3.63) is 29.9 Å². The Kier molecular flexibility index (Phi) is 3.31. The van der Waals surface area contributed by atoms with Crippen LogP contribution in [0.5, 0.6) is 0 Å². The molecule has 0 aliphatic carbocycles. The molecule has 0 unspecified atom stereocenters. The Labute approximate surface area is 111 Å². The molecular weight excluding hydrogens is 244 g/mol. The number of hydrogen-bond donors (Lipinski definition) is 1. The number of aromatic amines is 1. The van der Waals surface area contributed by atoms with Crippen molar-refractivity contribution in [2.24, 2.45) is 7.05 Å². The molecule has 0 bridgehead atoms. The topological polar surface area (TPSA) is 71.9 Å². The number of imidazole rings is 1. The fourth-order valence-electron chi connectivity index (χ4n) is 2.26. The van der Waals surface area contributed by atoms with Gasteiger partial charge in [-0.05, 0) is 6.92 Å². The van der Waals surface area contributed by atoms with E-state index in [4.69, 9.17) is 4.74 Å². The fourth-order valence-corrected chi connectivity index (χ4v) is 2.26. The quantitative estimate of drug-likeness (QED) is 0.868. The van der Waals surface area contributed by atoms with Crippen LogP contribution in [0, 0.1) is 6.92 Å². The Morgan fingerprint density at radius 3 is 3.11 bits per heavy atom. The molecule has 1 atom stereocenters. The van der Waals surface area contributed by atoms with Crippen molar-refractivity contribution in [2.75, 3.05) is 19.7 Å². The van der Waals surface area contributed by atoms with Gasteiger partial charge in [-0.1, -0.05) is 0 Å². The summed E-state index contributed by atoms with van der Waals surface area (Å²) in [5.74, 6) is 2.62. The van der Waals surface area contributed by atoms with Crippen LogP contribution >= 0.6 is 0 Å². The largest absolute Gasteiger partial charge is 0.367 e. The van der Waals surface area contributed by atoms with Gasteiger partial charge in [-0.15, -0.1) is 0 Å². The van der Waals surface area contributed by atoms with E-state index in [2.05, 4.69) is 25.1 Å². The summed E-state index contributed by atoms with van der Waals surface area (Å²) in [5.41, 5.74) is 0. The maximum atomic E-state index is 5.74. The molecule has 2 aromatic rings. The van der Waals surface area contributed by atoms with Crippen molar-refractivity contribution in [3.8, 4) is 0 Å². The molecule has 3 rings (SSSR count). The van der Waals surface area contributed by atoms with E-state index in [1.54, 1.807) is 0 Å². The normalized spacial score (nSPS) is 20.8. The molecule has 7 nitrogen and oxygen atoms in total. The summed E-state index contributed by atoms with van der Waals surface area (Å²) in [5, 5.41) is 7.04. The number of morpholine rings is 1. The molecule has 3 heterocycles. The summed E-state index contributed by atoms with van der Waals surface area (Å²) in [6.45, 7) is 5.12. The average molecular weight is 262 g/mol. The average Bonchev–Trinajstić information content (AvgIpc) is 3.00. The molecule has 102 valence electrons. The van der Waals surface area contributed by atoms with Crippen LogP contribution < -0.4 is 0 Å². The molecule has 0 aromatic carbocycles. The molecule has 0 radical (unpaired) electrons. The van der Waals surface area contributed by atoms with Gasteiger partial charge >= 0.3 is 0 Å². The van der Waals surface area contributed by atoms with Gasteiger partial charge in [-0.2, -0.15) is 5.10 Å². The highest BCUT2D eigenvalue weighted by Gasteiger charge is 2.25. The molecular formula is C12H18N6O. The van der Waals surface area contributed by atoms with Gasteiger partial charge < -0.3 is 9.30 Å². The lowest BCUT2D eigenvalue weighted by Crippen LogP contribution is -2.38. The predicted octanol–water partition coefficient (Wildman–Crippen LogP) is 0.420. The Morgan fingerprint density at radius 2 is 2.42 bits per heavy atom. The molecule has 19 heavy (non-hydrogen) atoms. The maximum Gasteiger partial charge on any atom is 0.180 e. The summed E-state index contributed by atoms with van der Waals surface area (Å²) in [4.78, 5) is 11.0. The minimum atomic E-state index is -0.0565. The zero-order valence-electron chi connectivity index (χ0n) is 11.2. The summed E-state index contributed by atoms with van der Waals surface area (Å²) in [7, 11) is 2.01. The number of hydrogen-bond acceptors (Lipinski definition) is 5. The molecule has 1 aliphatic heterocycles. The van der Waals surface area contributed by atoms with Crippen LogP contribution in [0.25, 0.3) is 0 Å². The van der Waals surface area contributed by atoms with Crippen LogP contribution in [0.15, 0.2) is 12.4 Å². The van der Waals surface area contributed by atoms with Crippen LogP contribution in [-0.2, 0) is 18.3 Å². The summed E-state index contributed by atoms with van der Waals surface area (Å²) < 4.78 is 7.79. The van der Waals surface area contributed by atoms with Gasteiger partial charge in [-0.25, -0.2) is 9.97 Å². The number of aromatic nitrogens is 5. The van der Waals surface area contributed by atoms with E-state index in [9.17, 15) is 0 Å². The SMILES string of the molecule is Cc1nc([C@H]2CN(Cc3nccn3C)CCO2)n[nH]1. The smallest absolute Gasteiger partial charge is 0.180 e. The molecule has 0 saturated carbocycles. The van der Waals surface area contributed by atoms with Crippen LogP contribution in [0.2, 0.25) is 0 Å². The van der Waals surface area contributed by atoms with Gasteiger partial charge in [0.25, 0.3) is 0 Å². The first-order chi connectivity index (χ1) is 9.22. The fraction of sp³-hybridized carbons (Fsp3) is 0.583. The molecule has 1 aliphatic rings. The molecule has 1 N–H and O–H groups in total. The molecule has 2 aromatic heterocycles. The standard InChI is InChI=1S/C12H18N6O/c1-9-14-12(16-15-9)10-7-18(5-6-19-10)8-11-13-3-4-17(11)2/h3-4,10H,5-8H2,1-2H3,(H,14,15,16)/t10-/m1/s1. The number of aryl methyl sites for hydroxylation is 2. The summed E-state index contributed by atoms with van der Waals surface area (Å²) in [6, 6.07) is 0. The van der Waals surface area contributed by atoms with Gasteiger partial charge in [-0.3, -0.25) is 10.00 Å². The molecule has 0 spiro atoms. The second-order valence-electron chi connectivity index (χ2n) is 4.83. The van der Waals surface area contributed by atoms with Gasteiger partial charge in [0.05, 0.1) is 13.2 Å². The first-order valence-electron chi connectivity index (χ1n) is 6.41. The molecule has 7 heteroatoms. The summed E-state index contributed by atoms with van der Waals surface area (Å²) >= 11 is 0. The lowest BCUT2D eigenvalue weighted by atomic mass is 10.2. The number of nitrogens with one attached hydrogen (secondary N) is 1. The first-order valence-corrected chi connectivity index (χ1v) is 6.41. The first kappa shape index (κ1) is 12.3. The molecule has 1 fully saturated rings. The van der Waals surface area contributed by atoms with Crippen LogP contribution in [0.3, 0.4) is 0 Å². The number of nitrogens with zero attached hydrogens (tertiary/aromatic N) is 5. The number of rotatable bonds is 3. The highest BCUT2D eigenvalue weighted by molar-refractivity contribution is 4.97. The minimum Gasteiger partial charge on any atom is -0.367 e. The van der Waals surface area contributed by atoms with Crippen LogP contribution in [-0.4, -0.2) is 49.3 Å². The Bertz CT molecular complexity index is 548. The van der Waals surface area contributed by atoms with Crippen molar-refractivity contribution in [1.82, 2.24) is 29.6 Å². The number of ether oxygens (including phenoxy) is 1. The van der Waals surface area contributed by atoms with E-state index in [1.165, 1.54) is 0 Å². The van der Waals surface area contributed by atoms with Gasteiger partial charge in [0, 0.05) is 32.5 Å². The third-order valence-electron chi connectivity index (χ3n) is 3.34. The number of H-pyrrole nitrogens is 1. The van der Waals surface area contributed by atoms with E-state index in [1.807, 2.05) is 30.9 Å². The van der Waals surface area contributed by atoms with E-state index in [0.29, 0.717) is 6.61 Å². The van der Waals surface area contributed by atoms with Crippen LogP contribution in [0.1, 0.15) is 23.6 Å². The van der Waals surface area contributed by atoms with E-state index in [0.717, 1.165) is 37.1 Å². The highest BCUT2D eigenvalue weighted by Crippen LogP contribution is 2.20. The van der Waals surface area contributed by atoms with E-state index >= 15 is 0 Å². The lowest BCUT2D eigenvalue weighted by molar-refractivity contribution is -0.0380. The highest BCUT2D eigenvalue weighted by atomic mass is 16.5. The minimum absolute atomic E-state index is 0.0565.